The number of aliphatic hydroxyl groups is 1. The molecule has 0 aliphatic heterocycles. The van der Waals surface area contributed by atoms with Crippen LogP contribution in [0, 0.1) is 0 Å². The number of anilines is 2. The molecule has 0 bridgehead atoms. The van der Waals surface area contributed by atoms with Gasteiger partial charge < -0.3 is 21.1 Å². The molecule has 0 heterocycles. The van der Waals surface area contributed by atoms with Crippen LogP contribution in [-0.2, 0) is 4.79 Å². The summed E-state index contributed by atoms with van der Waals surface area (Å²) in [5, 5.41) is 12.3. The van der Waals surface area contributed by atoms with Crippen molar-refractivity contribution in [1.29, 1.82) is 0 Å². The highest BCUT2D eigenvalue weighted by atomic mass is 35.5. The minimum Gasteiger partial charge on any atom is -0.397 e. The van der Waals surface area contributed by atoms with Crippen molar-refractivity contribution in [3.8, 4) is 0 Å². The number of nitrogens with zero attached hydrogens (tertiary/aromatic N) is 1. The number of nitrogen functional groups attached to an aromatic ring is 1. The van der Waals surface area contributed by atoms with Crippen molar-refractivity contribution in [1.82, 2.24) is 4.90 Å². The number of rotatable bonds is 8. The molecule has 4 N–H and O–H groups in total. The first-order chi connectivity index (χ1) is 9.56. The number of amides is 1. The molecule has 0 fully saturated rings. The van der Waals surface area contributed by atoms with Gasteiger partial charge in [0.25, 0.3) is 0 Å². The highest BCUT2D eigenvalue weighted by Crippen LogP contribution is 2.22. The number of aliphatic hydroxyl groups excluding tert-OH is 1. The van der Waals surface area contributed by atoms with E-state index in [2.05, 4.69) is 17.1 Å². The molecule has 1 aromatic carbocycles. The fourth-order valence-corrected chi connectivity index (χ4v) is 2.09. The highest BCUT2D eigenvalue weighted by Gasteiger charge is 2.09. The third-order valence-electron chi connectivity index (χ3n) is 2.90. The van der Waals surface area contributed by atoms with Gasteiger partial charge in [-0.2, -0.15) is 0 Å². The Bertz CT molecular complexity index is 434. The summed E-state index contributed by atoms with van der Waals surface area (Å²) in [6.45, 7) is 4.25. The monoisotopic (exact) mass is 299 g/mol. The Morgan fingerprint density at radius 2 is 2.15 bits per heavy atom. The van der Waals surface area contributed by atoms with Crippen LogP contribution in [0.25, 0.3) is 0 Å². The van der Waals surface area contributed by atoms with E-state index in [9.17, 15) is 4.79 Å². The number of hydrogen-bond donors (Lipinski definition) is 3. The van der Waals surface area contributed by atoms with Gasteiger partial charge in [0, 0.05) is 24.5 Å². The third-order valence-corrected chi connectivity index (χ3v) is 3.13. The van der Waals surface area contributed by atoms with Gasteiger partial charge >= 0.3 is 0 Å². The third kappa shape index (κ3) is 5.77. The van der Waals surface area contributed by atoms with Crippen LogP contribution in [0.1, 0.15) is 19.8 Å². The Hall–Kier alpha value is -1.30. The second kappa shape index (κ2) is 8.79. The van der Waals surface area contributed by atoms with Gasteiger partial charge in [0.1, 0.15) is 0 Å². The Kier molecular flexibility index (Phi) is 7.36. The normalized spacial score (nSPS) is 10.8. The highest BCUT2D eigenvalue weighted by molar-refractivity contribution is 6.31. The molecule has 0 unspecified atom stereocenters. The second-order valence-electron chi connectivity index (χ2n) is 4.59. The lowest BCUT2D eigenvalue weighted by molar-refractivity contribution is -0.116. The molecule has 0 radical (unpaired) electrons. The maximum absolute atomic E-state index is 11.9. The van der Waals surface area contributed by atoms with E-state index in [0.717, 1.165) is 13.0 Å². The van der Waals surface area contributed by atoms with Crippen LogP contribution in [0.3, 0.4) is 0 Å². The largest absolute Gasteiger partial charge is 0.397 e. The van der Waals surface area contributed by atoms with Crippen molar-refractivity contribution in [2.45, 2.75) is 19.8 Å². The zero-order valence-corrected chi connectivity index (χ0v) is 12.5. The average Bonchev–Trinajstić information content (AvgIpc) is 2.40. The fourth-order valence-electron chi connectivity index (χ4n) is 1.91. The molecule has 6 heteroatoms. The van der Waals surface area contributed by atoms with Crippen LogP contribution in [0.4, 0.5) is 11.4 Å². The zero-order valence-electron chi connectivity index (χ0n) is 11.7. The van der Waals surface area contributed by atoms with E-state index < -0.39 is 0 Å². The zero-order chi connectivity index (χ0) is 15.0. The van der Waals surface area contributed by atoms with Crippen molar-refractivity contribution in [3.05, 3.63) is 23.2 Å². The Balaban J connectivity index is 2.46. The number of nitrogens with two attached hydrogens (primary N) is 1. The van der Waals surface area contributed by atoms with E-state index >= 15 is 0 Å². The molecule has 0 atom stereocenters. The quantitative estimate of drug-likeness (QED) is 0.641. The van der Waals surface area contributed by atoms with E-state index in [4.69, 9.17) is 22.4 Å². The summed E-state index contributed by atoms with van der Waals surface area (Å²) >= 11 is 5.80. The van der Waals surface area contributed by atoms with Gasteiger partial charge in [0.15, 0.2) is 0 Å². The van der Waals surface area contributed by atoms with Gasteiger partial charge in [-0.3, -0.25) is 4.79 Å². The van der Waals surface area contributed by atoms with E-state index in [1.807, 2.05) is 0 Å². The first kappa shape index (κ1) is 16.8. The van der Waals surface area contributed by atoms with Gasteiger partial charge in [-0.05, 0) is 31.2 Å². The Morgan fingerprint density at radius 1 is 1.40 bits per heavy atom. The number of benzene rings is 1. The predicted molar refractivity (Wildman–Crippen MR) is 82.9 cm³/mol. The molecule has 112 valence electrons. The molecule has 0 saturated carbocycles. The molecule has 1 rings (SSSR count). The molecule has 0 aliphatic rings. The summed E-state index contributed by atoms with van der Waals surface area (Å²) < 4.78 is 0. The molecular weight excluding hydrogens is 278 g/mol. The van der Waals surface area contributed by atoms with E-state index in [1.54, 1.807) is 18.2 Å². The van der Waals surface area contributed by atoms with E-state index in [0.29, 0.717) is 35.9 Å². The first-order valence-corrected chi connectivity index (χ1v) is 7.12. The van der Waals surface area contributed by atoms with Crippen molar-refractivity contribution in [2.24, 2.45) is 0 Å². The molecular formula is C14H22ClN3O2. The maximum atomic E-state index is 11.9. The molecule has 0 aromatic heterocycles. The van der Waals surface area contributed by atoms with Crippen LogP contribution in [-0.4, -0.2) is 42.2 Å². The van der Waals surface area contributed by atoms with Crippen LogP contribution in [0.15, 0.2) is 18.2 Å². The van der Waals surface area contributed by atoms with Gasteiger partial charge in [0.2, 0.25) is 5.91 Å². The fraction of sp³-hybridized carbons (Fsp3) is 0.500. The van der Waals surface area contributed by atoms with Crippen molar-refractivity contribution in [2.75, 3.05) is 37.3 Å². The first-order valence-electron chi connectivity index (χ1n) is 6.75. The molecule has 0 spiro atoms. The summed E-state index contributed by atoms with van der Waals surface area (Å²) in [4.78, 5) is 13.9. The van der Waals surface area contributed by atoms with Crippen molar-refractivity contribution < 1.29 is 9.90 Å². The summed E-state index contributed by atoms with van der Waals surface area (Å²) in [5.74, 6) is -0.0990. The summed E-state index contributed by atoms with van der Waals surface area (Å²) in [5.41, 5.74) is 6.80. The topological polar surface area (TPSA) is 78.6 Å². The number of carbonyl (C=O) groups excluding carboxylic acids is 1. The van der Waals surface area contributed by atoms with E-state index in [-0.39, 0.29) is 12.5 Å². The van der Waals surface area contributed by atoms with Crippen LogP contribution in [0.5, 0.6) is 0 Å². The average molecular weight is 300 g/mol. The SMILES string of the molecule is CCCN(CCO)CCC(=O)Nc1ccc(Cl)cc1N. The van der Waals surface area contributed by atoms with Crippen molar-refractivity contribution in [3.63, 3.8) is 0 Å². The lowest BCUT2D eigenvalue weighted by Gasteiger charge is -2.20. The van der Waals surface area contributed by atoms with Crippen LogP contribution < -0.4 is 11.1 Å². The van der Waals surface area contributed by atoms with Gasteiger partial charge in [-0.15, -0.1) is 0 Å². The number of carbonyl (C=O) groups is 1. The number of nitrogens with one attached hydrogen (secondary N) is 1. The molecule has 1 amide bonds. The molecule has 5 nitrogen and oxygen atoms in total. The minimum atomic E-state index is -0.0990. The number of hydrogen-bond acceptors (Lipinski definition) is 4. The summed E-state index contributed by atoms with van der Waals surface area (Å²) in [6, 6.07) is 4.97. The van der Waals surface area contributed by atoms with E-state index in [1.165, 1.54) is 0 Å². The molecule has 1 aromatic rings. The number of halogens is 1. The lowest BCUT2D eigenvalue weighted by Crippen LogP contribution is -2.31. The van der Waals surface area contributed by atoms with Gasteiger partial charge in [-0.25, -0.2) is 0 Å². The maximum Gasteiger partial charge on any atom is 0.225 e. The molecule has 0 saturated heterocycles. The second-order valence-corrected chi connectivity index (χ2v) is 5.03. The molecule has 0 aliphatic carbocycles. The van der Waals surface area contributed by atoms with Gasteiger partial charge in [-0.1, -0.05) is 18.5 Å². The minimum absolute atomic E-state index is 0.0990. The Labute approximate surface area is 124 Å². The predicted octanol–water partition coefficient (Wildman–Crippen LogP) is 1.96. The van der Waals surface area contributed by atoms with Gasteiger partial charge in [0.05, 0.1) is 18.0 Å². The summed E-state index contributed by atoms with van der Waals surface area (Å²) in [7, 11) is 0. The standard InChI is InChI=1S/C14H22ClN3O2/c1-2-6-18(8-9-19)7-5-14(20)17-13-4-3-11(15)10-12(13)16/h3-4,10,19H,2,5-9,16H2,1H3,(H,17,20). The Morgan fingerprint density at radius 3 is 2.75 bits per heavy atom. The summed E-state index contributed by atoms with van der Waals surface area (Å²) in [6.07, 6.45) is 1.35. The van der Waals surface area contributed by atoms with Crippen LogP contribution in [0.2, 0.25) is 5.02 Å². The lowest BCUT2D eigenvalue weighted by atomic mass is 10.2. The van der Waals surface area contributed by atoms with Crippen LogP contribution >= 0.6 is 11.6 Å². The smallest absolute Gasteiger partial charge is 0.225 e. The molecule has 20 heavy (non-hydrogen) atoms. The van der Waals surface area contributed by atoms with Crippen molar-refractivity contribution >= 4 is 28.9 Å².